The fourth-order valence-electron chi connectivity index (χ4n) is 3.28. The number of benzene rings is 1. The van der Waals surface area contributed by atoms with Crippen LogP contribution in [-0.2, 0) is 14.3 Å². The Balaban J connectivity index is 2.27. The van der Waals surface area contributed by atoms with Gasteiger partial charge in [-0.25, -0.2) is 4.79 Å². The van der Waals surface area contributed by atoms with Crippen molar-refractivity contribution in [2.24, 2.45) is 0 Å². The van der Waals surface area contributed by atoms with E-state index in [0.29, 0.717) is 10.0 Å². The Bertz CT molecular complexity index is 648. The lowest BCUT2D eigenvalue weighted by Gasteiger charge is -2.24. The van der Waals surface area contributed by atoms with E-state index in [1.807, 2.05) is 0 Å². The van der Waals surface area contributed by atoms with Crippen molar-refractivity contribution < 1.29 is 24.5 Å². The van der Waals surface area contributed by atoms with Crippen LogP contribution in [0, 0.1) is 0 Å². The van der Waals surface area contributed by atoms with Crippen molar-refractivity contribution >= 4 is 35.1 Å². The van der Waals surface area contributed by atoms with E-state index in [4.69, 9.17) is 33.0 Å². The van der Waals surface area contributed by atoms with Gasteiger partial charge in [-0.3, -0.25) is 4.79 Å². The van der Waals surface area contributed by atoms with Crippen LogP contribution in [0.5, 0.6) is 0 Å². The van der Waals surface area contributed by atoms with Crippen molar-refractivity contribution in [3.05, 3.63) is 33.8 Å². The molecule has 1 aromatic carbocycles. The summed E-state index contributed by atoms with van der Waals surface area (Å²) in [4.78, 5) is 23.0. The van der Waals surface area contributed by atoms with E-state index in [-0.39, 0.29) is 12.3 Å². The predicted molar refractivity (Wildman–Crippen MR) is 95.0 cm³/mol. The number of aliphatic carboxylic acids is 1. The third-order valence-corrected chi connectivity index (χ3v) is 5.11. The Morgan fingerprint density at radius 2 is 2.12 bits per heavy atom. The maximum atomic E-state index is 12.1. The number of cyclic esters (lactones) is 1. The number of unbranched alkanes of at least 4 members (excludes halogenated alkanes) is 2. The van der Waals surface area contributed by atoms with Crippen molar-refractivity contribution in [3.63, 3.8) is 0 Å². The van der Waals surface area contributed by atoms with E-state index in [1.54, 1.807) is 18.2 Å². The molecular weight excluding hydrogens is 367 g/mol. The van der Waals surface area contributed by atoms with Gasteiger partial charge in [-0.05, 0) is 24.1 Å². The molecule has 1 fully saturated rings. The molecule has 1 aliphatic rings. The molecular formula is C18H22Cl2O5. The van der Waals surface area contributed by atoms with Crippen LogP contribution >= 0.6 is 23.2 Å². The van der Waals surface area contributed by atoms with Gasteiger partial charge < -0.3 is 14.9 Å². The van der Waals surface area contributed by atoms with Crippen LogP contribution in [0.2, 0.25) is 10.0 Å². The van der Waals surface area contributed by atoms with E-state index < -0.39 is 30.1 Å². The Morgan fingerprint density at radius 1 is 1.40 bits per heavy atom. The van der Waals surface area contributed by atoms with Gasteiger partial charge in [-0.1, -0.05) is 55.5 Å². The summed E-state index contributed by atoms with van der Waals surface area (Å²) in [6.07, 6.45) is 2.33. The van der Waals surface area contributed by atoms with Gasteiger partial charge in [-0.2, -0.15) is 0 Å². The first-order valence-electron chi connectivity index (χ1n) is 8.37. The summed E-state index contributed by atoms with van der Waals surface area (Å²) in [5, 5.41) is 20.3. The highest BCUT2D eigenvalue weighted by molar-refractivity contribution is 6.35. The smallest absolute Gasteiger partial charge is 0.339 e. The summed E-state index contributed by atoms with van der Waals surface area (Å²) in [6.45, 7) is 2.09. The molecule has 25 heavy (non-hydrogen) atoms. The van der Waals surface area contributed by atoms with Crippen LogP contribution in [0.15, 0.2) is 18.2 Å². The van der Waals surface area contributed by atoms with Gasteiger partial charge in [0.15, 0.2) is 5.60 Å². The van der Waals surface area contributed by atoms with Crippen LogP contribution < -0.4 is 0 Å². The lowest BCUT2D eigenvalue weighted by atomic mass is 9.83. The van der Waals surface area contributed by atoms with Gasteiger partial charge in [-0.15, -0.1) is 0 Å². The number of carbonyl (C=O) groups is 2. The van der Waals surface area contributed by atoms with Crippen LogP contribution in [0.3, 0.4) is 0 Å². The molecule has 0 amide bonds. The van der Waals surface area contributed by atoms with Crippen LogP contribution in [-0.4, -0.2) is 33.9 Å². The van der Waals surface area contributed by atoms with Crippen LogP contribution in [0.25, 0.3) is 0 Å². The Kier molecular flexibility index (Phi) is 6.72. The van der Waals surface area contributed by atoms with E-state index in [9.17, 15) is 14.7 Å². The molecule has 0 aromatic heterocycles. The van der Waals surface area contributed by atoms with Gasteiger partial charge >= 0.3 is 11.9 Å². The second-order valence-electron chi connectivity index (χ2n) is 6.52. The SMILES string of the molecule is CCCCCC(c1ccc(Cl)cc1Cl)[C@@H]1C[C@](O)(CC(=O)O)C(=O)O1. The Hall–Kier alpha value is -1.30. The molecule has 0 spiro atoms. The largest absolute Gasteiger partial charge is 0.481 e. The zero-order valence-electron chi connectivity index (χ0n) is 14.0. The van der Waals surface area contributed by atoms with Gasteiger partial charge in [0, 0.05) is 22.4 Å². The fourth-order valence-corrected chi connectivity index (χ4v) is 3.83. The van der Waals surface area contributed by atoms with Crippen molar-refractivity contribution in [2.75, 3.05) is 0 Å². The van der Waals surface area contributed by atoms with E-state index in [2.05, 4.69) is 6.92 Å². The number of rotatable bonds is 8. The van der Waals surface area contributed by atoms with E-state index in [0.717, 1.165) is 31.2 Å². The minimum Gasteiger partial charge on any atom is -0.481 e. The van der Waals surface area contributed by atoms with Gasteiger partial charge in [0.05, 0.1) is 6.42 Å². The highest BCUT2D eigenvalue weighted by atomic mass is 35.5. The van der Waals surface area contributed by atoms with Crippen molar-refractivity contribution in [3.8, 4) is 0 Å². The Morgan fingerprint density at radius 3 is 2.72 bits per heavy atom. The molecule has 1 aliphatic heterocycles. The lowest BCUT2D eigenvalue weighted by Crippen LogP contribution is -2.36. The number of hydrogen-bond acceptors (Lipinski definition) is 4. The number of carbonyl (C=O) groups excluding carboxylic acids is 1. The predicted octanol–water partition coefficient (Wildman–Crippen LogP) is 4.18. The van der Waals surface area contributed by atoms with Crippen molar-refractivity contribution in [1.29, 1.82) is 0 Å². The molecule has 1 aromatic rings. The number of ether oxygens (including phenoxy) is 1. The number of halogens is 2. The summed E-state index contributed by atoms with van der Waals surface area (Å²) >= 11 is 12.3. The summed E-state index contributed by atoms with van der Waals surface area (Å²) in [7, 11) is 0. The molecule has 2 rings (SSSR count). The van der Waals surface area contributed by atoms with Crippen LogP contribution in [0.1, 0.15) is 56.9 Å². The topological polar surface area (TPSA) is 83.8 Å². The molecule has 5 nitrogen and oxygen atoms in total. The van der Waals surface area contributed by atoms with Gasteiger partial charge in [0.25, 0.3) is 0 Å². The first-order chi connectivity index (χ1) is 11.8. The molecule has 0 bridgehead atoms. The van der Waals surface area contributed by atoms with Gasteiger partial charge in [0.1, 0.15) is 6.10 Å². The third-order valence-electron chi connectivity index (χ3n) is 4.55. The quantitative estimate of drug-likeness (QED) is 0.515. The molecule has 1 saturated heterocycles. The standard InChI is InChI=1S/C18H22Cl2O5/c1-2-3-4-5-13(12-7-6-11(19)8-14(12)20)15-9-18(24,10-16(21)22)17(23)25-15/h6-8,13,15,24H,2-5,9-10H2,1H3,(H,21,22)/t13?,15-,18-/m0/s1. The average molecular weight is 389 g/mol. The van der Waals surface area contributed by atoms with E-state index >= 15 is 0 Å². The molecule has 0 aliphatic carbocycles. The lowest BCUT2D eigenvalue weighted by molar-refractivity contribution is -0.161. The number of hydrogen-bond donors (Lipinski definition) is 2. The normalized spacial score (nSPS) is 24.2. The molecule has 1 unspecified atom stereocenters. The Labute approximate surface area is 156 Å². The number of carboxylic acid groups (broad SMARTS) is 1. The molecule has 0 radical (unpaired) electrons. The summed E-state index contributed by atoms with van der Waals surface area (Å²) in [5.74, 6) is -2.35. The summed E-state index contributed by atoms with van der Waals surface area (Å²) in [5.41, 5.74) is -1.20. The number of esters is 1. The minimum atomic E-state index is -1.99. The maximum absolute atomic E-state index is 12.1. The van der Waals surface area contributed by atoms with Crippen molar-refractivity contribution in [2.45, 2.75) is 63.1 Å². The molecule has 3 atom stereocenters. The first-order valence-corrected chi connectivity index (χ1v) is 9.12. The zero-order chi connectivity index (χ0) is 18.6. The fraction of sp³-hybridized carbons (Fsp3) is 0.556. The first kappa shape index (κ1) is 20.0. The molecule has 2 N–H and O–H groups in total. The summed E-state index contributed by atoms with van der Waals surface area (Å²) < 4.78 is 5.37. The second-order valence-corrected chi connectivity index (χ2v) is 7.36. The molecule has 1 heterocycles. The number of aliphatic hydroxyl groups is 1. The molecule has 7 heteroatoms. The van der Waals surface area contributed by atoms with E-state index in [1.165, 1.54) is 0 Å². The zero-order valence-corrected chi connectivity index (χ0v) is 15.5. The second kappa shape index (κ2) is 8.39. The third kappa shape index (κ3) is 4.87. The number of carboxylic acids is 1. The minimum absolute atomic E-state index is 0.0616. The highest BCUT2D eigenvalue weighted by Gasteiger charge is 2.51. The van der Waals surface area contributed by atoms with Crippen molar-refractivity contribution in [1.82, 2.24) is 0 Å². The summed E-state index contributed by atoms with van der Waals surface area (Å²) in [6, 6.07) is 5.14. The van der Waals surface area contributed by atoms with Gasteiger partial charge in [0.2, 0.25) is 0 Å². The average Bonchev–Trinajstić information content (AvgIpc) is 2.79. The molecule has 138 valence electrons. The monoisotopic (exact) mass is 388 g/mol. The maximum Gasteiger partial charge on any atom is 0.339 e. The highest BCUT2D eigenvalue weighted by Crippen LogP contribution is 2.41. The molecule has 0 saturated carbocycles. The van der Waals surface area contributed by atoms with Crippen LogP contribution in [0.4, 0.5) is 0 Å².